The first kappa shape index (κ1) is 14.2. The zero-order valence-corrected chi connectivity index (χ0v) is 12.7. The number of benzene rings is 2. The molecular formula is C17H13Cl2NO. The van der Waals surface area contributed by atoms with Crippen LogP contribution in [0.5, 0.6) is 0 Å². The predicted molar refractivity (Wildman–Crippen MR) is 86.4 cm³/mol. The number of ketones is 1. The van der Waals surface area contributed by atoms with Gasteiger partial charge in [-0.15, -0.1) is 0 Å². The van der Waals surface area contributed by atoms with E-state index in [1.165, 1.54) is 0 Å². The van der Waals surface area contributed by atoms with Crippen molar-refractivity contribution in [3.05, 3.63) is 75.8 Å². The van der Waals surface area contributed by atoms with E-state index in [1.807, 2.05) is 48.5 Å². The zero-order valence-electron chi connectivity index (χ0n) is 11.1. The summed E-state index contributed by atoms with van der Waals surface area (Å²) >= 11 is 11.8. The minimum absolute atomic E-state index is 0.0366. The third-order valence-electron chi connectivity index (χ3n) is 3.47. The molecule has 1 aliphatic rings. The number of carbonyl (C=O) groups is 1. The summed E-state index contributed by atoms with van der Waals surface area (Å²) in [5.74, 6) is 0.110. The standard InChI is InChI=1S/C17H13Cl2NO/c18-13-5-1-11(2-6-13)16-9-15(21)10-17(20-16)12-3-7-14(19)8-4-12/h1-9,17,20H,10H2. The highest BCUT2D eigenvalue weighted by Gasteiger charge is 2.21. The summed E-state index contributed by atoms with van der Waals surface area (Å²) in [4.78, 5) is 12.0. The van der Waals surface area contributed by atoms with Crippen LogP contribution in [0, 0.1) is 0 Å². The van der Waals surface area contributed by atoms with Gasteiger partial charge >= 0.3 is 0 Å². The monoisotopic (exact) mass is 317 g/mol. The Labute approximate surface area is 133 Å². The predicted octanol–water partition coefficient (Wildman–Crippen LogP) is 4.64. The van der Waals surface area contributed by atoms with E-state index in [-0.39, 0.29) is 11.8 Å². The lowest BCUT2D eigenvalue weighted by Gasteiger charge is -2.25. The summed E-state index contributed by atoms with van der Waals surface area (Å²) in [7, 11) is 0. The van der Waals surface area contributed by atoms with Crippen LogP contribution >= 0.6 is 23.2 Å². The molecule has 2 aromatic rings. The van der Waals surface area contributed by atoms with E-state index >= 15 is 0 Å². The van der Waals surface area contributed by atoms with Crippen LogP contribution in [0.2, 0.25) is 10.0 Å². The van der Waals surface area contributed by atoms with Crippen LogP contribution < -0.4 is 5.32 Å². The van der Waals surface area contributed by atoms with Crippen molar-refractivity contribution < 1.29 is 4.79 Å². The molecule has 0 bridgehead atoms. The van der Waals surface area contributed by atoms with Gasteiger partial charge in [0, 0.05) is 28.2 Å². The van der Waals surface area contributed by atoms with E-state index in [1.54, 1.807) is 6.08 Å². The molecule has 0 fully saturated rings. The molecular weight excluding hydrogens is 305 g/mol. The average molecular weight is 318 g/mol. The molecule has 0 saturated heterocycles. The van der Waals surface area contributed by atoms with Crippen molar-refractivity contribution in [1.29, 1.82) is 0 Å². The van der Waals surface area contributed by atoms with E-state index in [0.29, 0.717) is 16.5 Å². The second-order valence-electron chi connectivity index (χ2n) is 4.98. The van der Waals surface area contributed by atoms with Gasteiger partial charge in [-0.3, -0.25) is 4.79 Å². The fourth-order valence-corrected chi connectivity index (χ4v) is 2.65. The highest BCUT2D eigenvalue weighted by molar-refractivity contribution is 6.30. The van der Waals surface area contributed by atoms with Crippen molar-refractivity contribution in [3.63, 3.8) is 0 Å². The largest absolute Gasteiger partial charge is 0.377 e. The SMILES string of the molecule is O=C1C=C(c2ccc(Cl)cc2)NC(c2ccc(Cl)cc2)C1. The Morgan fingerprint density at radius 1 is 0.905 bits per heavy atom. The maximum Gasteiger partial charge on any atom is 0.160 e. The van der Waals surface area contributed by atoms with Crippen molar-refractivity contribution >= 4 is 34.7 Å². The molecule has 1 heterocycles. The van der Waals surface area contributed by atoms with Gasteiger partial charge in [-0.25, -0.2) is 0 Å². The van der Waals surface area contributed by atoms with Crippen LogP contribution in [-0.2, 0) is 4.79 Å². The molecule has 106 valence electrons. The average Bonchev–Trinajstić information content (AvgIpc) is 2.48. The number of carbonyl (C=O) groups excluding carboxylic acids is 1. The highest BCUT2D eigenvalue weighted by atomic mass is 35.5. The first-order valence-electron chi connectivity index (χ1n) is 6.64. The van der Waals surface area contributed by atoms with Gasteiger partial charge < -0.3 is 5.32 Å². The van der Waals surface area contributed by atoms with Gasteiger partial charge in [-0.2, -0.15) is 0 Å². The fourth-order valence-electron chi connectivity index (χ4n) is 2.39. The molecule has 0 aromatic heterocycles. The maximum atomic E-state index is 12.0. The van der Waals surface area contributed by atoms with Crippen molar-refractivity contribution in [2.24, 2.45) is 0 Å². The van der Waals surface area contributed by atoms with Gasteiger partial charge in [-0.1, -0.05) is 47.5 Å². The van der Waals surface area contributed by atoms with Crippen LogP contribution in [0.25, 0.3) is 5.70 Å². The van der Waals surface area contributed by atoms with Crippen LogP contribution in [0.3, 0.4) is 0 Å². The Bertz CT molecular complexity index is 690. The van der Waals surface area contributed by atoms with Gasteiger partial charge in [0.1, 0.15) is 0 Å². The minimum atomic E-state index is -0.0366. The van der Waals surface area contributed by atoms with Gasteiger partial charge in [0.15, 0.2) is 5.78 Å². The van der Waals surface area contributed by atoms with E-state index in [0.717, 1.165) is 16.8 Å². The Morgan fingerprint density at radius 2 is 1.48 bits per heavy atom. The number of rotatable bonds is 2. The second kappa shape index (κ2) is 5.92. The summed E-state index contributed by atoms with van der Waals surface area (Å²) in [6.07, 6.45) is 2.09. The number of halogens is 2. The van der Waals surface area contributed by atoms with Crippen LogP contribution in [-0.4, -0.2) is 5.78 Å². The zero-order chi connectivity index (χ0) is 14.8. The Hall–Kier alpha value is -1.77. The molecule has 0 aliphatic carbocycles. The van der Waals surface area contributed by atoms with E-state index < -0.39 is 0 Å². The first-order chi connectivity index (χ1) is 10.1. The molecule has 3 rings (SSSR count). The van der Waals surface area contributed by atoms with Gasteiger partial charge in [-0.05, 0) is 35.4 Å². The van der Waals surface area contributed by atoms with Crippen LogP contribution in [0.1, 0.15) is 23.6 Å². The molecule has 1 N–H and O–H groups in total. The molecule has 2 nitrogen and oxygen atoms in total. The van der Waals surface area contributed by atoms with Crippen molar-refractivity contribution in [3.8, 4) is 0 Å². The van der Waals surface area contributed by atoms with Crippen molar-refractivity contribution in [2.45, 2.75) is 12.5 Å². The molecule has 0 radical (unpaired) electrons. The van der Waals surface area contributed by atoms with Crippen LogP contribution in [0.4, 0.5) is 0 Å². The van der Waals surface area contributed by atoms with E-state index in [2.05, 4.69) is 5.32 Å². The van der Waals surface area contributed by atoms with E-state index in [4.69, 9.17) is 23.2 Å². The quantitative estimate of drug-likeness (QED) is 0.874. The molecule has 1 aliphatic heterocycles. The van der Waals surface area contributed by atoms with Gasteiger partial charge in [0.05, 0.1) is 6.04 Å². The third kappa shape index (κ3) is 3.29. The minimum Gasteiger partial charge on any atom is -0.377 e. The lowest BCUT2D eigenvalue weighted by Crippen LogP contribution is -2.27. The molecule has 0 spiro atoms. The molecule has 1 unspecified atom stereocenters. The number of hydrogen-bond donors (Lipinski definition) is 1. The fraction of sp³-hybridized carbons (Fsp3) is 0.118. The molecule has 1 atom stereocenters. The number of nitrogens with one attached hydrogen (secondary N) is 1. The summed E-state index contributed by atoms with van der Waals surface area (Å²) in [5, 5.41) is 4.78. The Morgan fingerprint density at radius 3 is 2.10 bits per heavy atom. The second-order valence-corrected chi connectivity index (χ2v) is 5.86. The maximum absolute atomic E-state index is 12.0. The summed E-state index contributed by atoms with van der Waals surface area (Å²) < 4.78 is 0. The Balaban J connectivity index is 1.88. The third-order valence-corrected chi connectivity index (χ3v) is 3.97. The molecule has 2 aromatic carbocycles. The van der Waals surface area contributed by atoms with Crippen LogP contribution in [0.15, 0.2) is 54.6 Å². The number of allylic oxidation sites excluding steroid dienone is 1. The van der Waals surface area contributed by atoms with Crippen molar-refractivity contribution in [2.75, 3.05) is 0 Å². The summed E-state index contributed by atoms with van der Waals surface area (Å²) in [6.45, 7) is 0. The Kier molecular flexibility index (Phi) is 4.00. The molecule has 0 saturated carbocycles. The number of hydrogen-bond acceptors (Lipinski definition) is 2. The summed E-state index contributed by atoms with van der Waals surface area (Å²) in [6, 6.07) is 15.0. The van der Waals surface area contributed by atoms with Gasteiger partial charge in [0.25, 0.3) is 0 Å². The molecule has 4 heteroatoms. The lowest BCUT2D eigenvalue weighted by atomic mass is 9.95. The normalized spacial score (nSPS) is 18.1. The molecule has 0 amide bonds. The summed E-state index contributed by atoms with van der Waals surface area (Å²) in [5.41, 5.74) is 2.82. The lowest BCUT2D eigenvalue weighted by molar-refractivity contribution is -0.115. The highest BCUT2D eigenvalue weighted by Crippen LogP contribution is 2.28. The van der Waals surface area contributed by atoms with E-state index in [9.17, 15) is 4.79 Å². The topological polar surface area (TPSA) is 29.1 Å². The smallest absolute Gasteiger partial charge is 0.160 e. The van der Waals surface area contributed by atoms with Crippen molar-refractivity contribution in [1.82, 2.24) is 5.32 Å². The molecule has 21 heavy (non-hydrogen) atoms. The van der Waals surface area contributed by atoms with Gasteiger partial charge in [0.2, 0.25) is 0 Å². The first-order valence-corrected chi connectivity index (χ1v) is 7.40.